The second-order valence-electron chi connectivity index (χ2n) is 2.28. The van der Waals surface area contributed by atoms with Crippen LogP contribution in [0.3, 0.4) is 0 Å². The van der Waals surface area contributed by atoms with Gasteiger partial charge in [-0.1, -0.05) is 13.8 Å². The minimum atomic E-state index is -3.12. The van der Waals surface area contributed by atoms with Crippen LogP contribution in [0.25, 0.3) is 0 Å². The highest BCUT2D eigenvalue weighted by Crippen LogP contribution is 1.90. The Hall–Kier alpha value is 0.177. The van der Waals surface area contributed by atoms with Crippen molar-refractivity contribution in [1.29, 1.82) is 3.70 Å². The Morgan fingerprint density at radius 3 is 2.22 bits per heavy atom. The highest BCUT2D eigenvalue weighted by Gasteiger charge is 1.95. The maximum atomic E-state index is 7.25. The molecule has 0 aliphatic carbocycles. The fraction of sp³-hybridized carbons (Fsp3) is 1.00. The maximum Gasteiger partial charge on any atom is 0.0205 e. The quantitative estimate of drug-likeness (QED) is 0.498. The van der Waals surface area contributed by atoms with E-state index in [9.17, 15) is 0 Å². The van der Waals surface area contributed by atoms with Gasteiger partial charge < -0.3 is 4.90 Å². The largest absolute Gasteiger partial charge is 0.307 e. The second-order valence-corrected chi connectivity index (χ2v) is 2.59. The molecule has 2 heteroatoms. The Labute approximate surface area is 65.5 Å². The lowest BCUT2D eigenvalue weighted by atomic mass is 10.4. The van der Waals surface area contributed by atoms with Gasteiger partial charge in [-0.05, 0) is 32.1 Å². The molecule has 0 amide bonds. The third-order valence-corrected chi connectivity index (χ3v) is 1.75. The smallest absolute Gasteiger partial charge is 0.0205 e. The van der Waals surface area contributed by atoms with Crippen LogP contribution in [0.4, 0.5) is 0 Å². The molecule has 0 atom stereocenters. The molecule has 0 saturated carbocycles. The molecule has 0 heterocycles. The van der Waals surface area contributed by atoms with E-state index in [2.05, 4.69) is 18.7 Å². The van der Waals surface area contributed by atoms with Gasteiger partial charge in [-0.3, -0.25) is 0 Å². The van der Waals surface area contributed by atoms with Crippen LogP contribution in [0.15, 0.2) is 0 Å². The summed E-state index contributed by atoms with van der Waals surface area (Å²) in [6.45, 7) is 6.03. The van der Waals surface area contributed by atoms with Crippen LogP contribution in [0.2, 0.25) is 0 Å². The monoisotopic (exact) mass is 151 g/mol. The van der Waals surface area contributed by atoms with Crippen molar-refractivity contribution >= 4 is 10.0 Å². The average Bonchev–Trinajstić information content (AvgIpc) is 1.84. The fourth-order valence-corrected chi connectivity index (χ4v) is 1.22. The molecule has 0 fully saturated rings. The summed E-state index contributed by atoms with van der Waals surface area (Å²) in [6, 6.07) is 0. The van der Waals surface area contributed by atoms with Crippen LogP contribution in [0.1, 0.15) is 26.7 Å². The molecule has 0 N–H and O–H groups in total. The van der Waals surface area contributed by atoms with E-state index in [1.165, 1.54) is 0 Å². The van der Waals surface area contributed by atoms with Gasteiger partial charge in [0.25, 0.3) is 0 Å². The first-order chi connectivity index (χ1) is 5.49. The molecule has 0 aromatic carbocycles. The highest BCUT2D eigenvalue weighted by atomic mass is 28.1. The summed E-state index contributed by atoms with van der Waals surface area (Å²) in [5.41, 5.74) is 0. The first-order valence-corrected chi connectivity index (χ1v) is 4.42. The Kier molecular flexibility index (Phi) is 3.44. The van der Waals surface area contributed by atoms with Crippen molar-refractivity contribution in [2.24, 2.45) is 0 Å². The lowest BCUT2D eigenvalue weighted by molar-refractivity contribution is 0.319. The molecule has 0 radical (unpaired) electrons. The van der Waals surface area contributed by atoms with Crippen LogP contribution in [-0.4, -0.2) is 37.9 Å². The second kappa shape index (κ2) is 6.30. The Bertz CT molecular complexity index is 110. The molecule has 0 rings (SSSR count). The highest BCUT2D eigenvalue weighted by molar-refractivity contribution is 6.08. The number of hydrogen-bond donors (Lipinski definition) is 0. The molecule has 0 spiro atoms. The summed E-state index contributed by atoms with van der Waals surface area (Å²) in [4.78, 5) is 2.07. The molecule has 0 saturated heterocycles. The normalized spacial score (nSPS) is 17.0. The Balaban J connectivity index is 3.77. The van der Waals surface area contributed by atoms with E-state index in [0.29, 0.717) is 6.17 Å². The maximum absolute atomic E-state index is 7.25. The standard InChI is InChI=1S/C7H19NSi/c1-3-5-8(7-9)6-4-2/h3-7H2,1-2,9H3/i9T3. The van der Waals surface area contributed by atoms with E-state index in [0.717, 1.165) is 25.9 Å². The van der Waals surface area contributed by atoms with Gasteiger partial charge in [-0.25, -0.2) is 0 Å². The zero-order chi connectivity index (χ0) is 9.61. The number of nitrogens with zero attached hydrogens (tertiary/aromatic N) is 1. The van der Waals surface area contributed by atoms with E-state index in [-0.39, 0.29) is 0 Å². The lowest BCUT2D eigenvalue weighted by Crippen LogP contribution is -2.26. The van der Waals surface area contributed by atoms with Gasteiger partial charge in [0.15, 0.2) is 0 Å². The van der Waals surface area contributed by atoms with Crippen molar-refractivity contribution in [3.63, 3.8) is 0 Å². The van der Waals surface area contributed by atoms with Crippen molar-refractivity contribution in [3.8, 4) is 0 Å². The zero-order valence-electron chi connectivity index (χ0n) is 9.48. The van der Waals surface area contributed by atoms with Gasteiger partial charge in [0, 0.05) is 13.7 Å². The van der Waals surface area contributed by atoms with Crippen LogP contribution in [0.5, 0.6) is 0 Å². The Morgan fingerprint density at radius 1 is 1.33 bits per heavy atom. The van der Waals surface area contributed by atoms with Crippen molar-refractivity contribution < 1.29 is 0 Å². The molecule has 0 aromatic rings. The zero-order valence-corrected chi connectivity index (χ0v) is 7.48. The van der Waals surface area contributed by atoms with Gasteiger partial charge in [0.1, 0.15) is 0 Å². The third kappa shape index (κ3) is 4.67. The summed E-state index contributed by atoms with van der Waals surface area (Å²) < 4.78 is 21.7. The van der Waals surface area contributed by atoms with Crippen LogP contribution in [0, 0.1) is 0 Å². The molecule has 1 nitrogen and oxygen atoms in total. The summed E-state index contributed by atoms with van der Waals surface area (Å²) >= 11 is 0. The molecule has 0 aliphatic heterocycles. The van der Waals surface area contributed by atoms with Crippen molar-refractivity contribution in [2.75, 3.05) is 19.3 Å². The van der Waals surface area contributed by atoms with Crippen molar-refractivity contribution in [3.05, 3.63) is 0 Å². The van der Waals surface area contributed by atoms with Crippen LogP contribution >= 0.6 is 0 Å². The minimum absolute atomic E-state index is 0.370. The molecule has 9 heavy (non-hydrogen) atoms. The molecule has 56 valence electrons. The molecule has 0 aliphatic rings. The van der Waals surface area contributed by atoms with Gasteiger partial charge in [0.2, 0.25) is 0 Å². The van der Waals surface area contributed by atoms with E-state index >= 15 is 0 Å². The van der Waals surface area contributed by atoms with Crippen LogP contribution in [-0.2, 0) is 0 Å². The minimum Gasteiger partial charge on any atom is -0.307 e. The summed E-state index contributed by atoms with van der Waals surface area (Å²) in [7, 11) is -3.12. The molecule has 0 bridgehead atoms. The fourth-order valence-electron chi connectivity index (χ4n) is 0.902. The summed E-state index contributed by atoms with van der Waals surface area (Å²) in [5.74, 6) is 0. The summed E-state index contributed by atoms with van der Waals surface area (Å²) in [6.07, 6.45) is 2.46. The Morgan fingerprint density at radius 2 is 1.89 bits per heavy atom. The first kappa shape index (κ1) is 4.91. The SMILES string of the molecule is [3H][Si]([3H])([3H])CN(CCC)CCC. The molecular formula is C7H19NSi. The van der Waals surface area contributed by atoms with Gasteiger partial charge in [0.05, 0.1) is 0 Å². The van der Waals surface area contributed by atoms with E-state index in [4.69, 9.17) is 3.70 Å². The predicted octanol–water partition coefficient (Wildman–Crippen LogP) is 0.431. The predicted molar refractivity (Wildman–Crippen MR) is 47.0 cm³/mol. The van der Waals surface area contributed by atoms with Crippen molar-refractivity contribution in [1.82, 2.24) is 4.90 Å². The molecule has 0 unspecified atom stereocenters. The number of hydrogen-bond acceptors (Lipinski definition) is 1. The van der Waals surface area contributed by atoms with E-state index in [1.807, 2.05) is 0 Å². The molecular weight excluding hydrogens is 126 g/mol. The van der Waals surface area contributed by atoms with Gasteiger partial charge in [-0.2, -0.15) is 0 Å². The third-order valence-electron chi connectivity index (χ3n) is 1.30. The van der Waals surface area contributed by atoms with Gasteiger partial charge in [-0.15, -0.1) is 0 Å². The summed E-state index contributed by atoms with van der Waals surface area (Å²) in [5, 5.41) is 0. The topological polar surface area (TPSA) is 3.24 Å². The average molecular weight is 151 g/mol. The lowest BCUT2D eigenvalue weighted by Gasteiger charge is -2.17. The number of rotatable bonds is 6. The van der Waals surface area contributed by atoms with Crippen molar-refractivity contribution in [2.45, 2.75) is 26.7 Å². The van der Waals surface area contributed by atoms with Crippen LogP contribution < -0.4 is 0 Å². The van der Waals surface area contributed by atoms with E-state index in [1.54, 1.807) is 0 Å². The van der Waals surface area contributed by atoms with E-state index < -0.39 is 10.0 Å². The molecule has 0 aromatic heterocycles. The first-order valence-electron chi connectivity index (χ1n) is 5.22. The van der Waals surface area contributed by atoms with Gasteiger partial charge >= 0.3 is 0 Å².